The summed E-state index contributed by atoms with van der Waals surface area (Å²) in [6, 6.07) is 5.30. The summed E-state index contributed by atoms with van der Waals surface area (Å²) in [5.41, 5.74) is 1.32. The van der Waals surface area contributed by atoms with E-state index in [9.17, 15) is 8.78 Å². The molecule has 1 aromatic carbocycles. The normalized spacial score (nSPS) is 15.4. The van der Waals surface area contributed by atoms with Gasteiger partial charge in [-0.3, -0.25) is 0 Å². The number of hydrogen-bond donors (Lipinski definition) is 1. The smallest absolute Gasteiger partial charge is 0.161 e. The summed E-state index contributed by atoms with van der Waals surface area (Å²) in [7, 11) is 1.77. The van der Waals surface area contributed by atoms with Crippen LogP contribution in [-0.4, -0.2) is 17.0 Å². The van der Waals surface area contributed by atoms with Crippen LogP contribution in [0.5, 0.6) is 0 Å². The van der Waals surface area contributed by atoms with E-state index >= 15 is 0 Å². The summed E-state index contributed by atoms with van der Waals surface area (Å²) >= 11 is 0. The monoisotopic (exact) mass is 289 g/mol. The average Bonchev–Trinajstić information content (AvgIpc) is 3.00. The van der Waals surface area contributed by atoms with Crippen LogP contribution >= 0.6 is 0 Å². The quantitative estimate of drug-likeness (QED) is 0.923. The van der Waals surface area contributed by atoms with Gasteiger partial charge in [-0.1, -0.05) is 12.8 Å². The van der Waals surface area contributed by atoms with Crippen molar-refractivity contribution in [2.24, 2.45) is 0 Å². The second-order valence-electron chi connectivity index (χ2n) is 5.39. The molecule has 0 atom stereocenters. The van der Waals surface area contributed by atoms with Crippen LogP contribution in [-0.2, 0) is 0 Å². The van der Waals surface area contributed by atoms with E-state index in [4.69, 9.17) is 0 Å². The molecule has 0 bridgehead atoms. The summed E-state index contributed by atoms with van der Waals surface area (Å²) < 4.78 is 26.8. The van der Waals surface area contributed by atoms with Crippen molar-refractivity contribution in [3.05, 3.63) is 41.6 Å². The van der Waals surface area contributed by atoms with Crippen molar-refractivity contribution >= 4 is 5.82 Å². The molecule has 2 aromatic rings. The van der Waals surface area contributed by atoms with Crippen molar-refractivity contribution in [3.63, 3.8) is 0 Å². The second kappa shape index (κ2) is 5.76. The number of nitrogens with zero attached hydrogens (tertiary/aromatic N) is 2. The molecule has 0 radical (unpaired) electrons. The van der Waals surface area contributed by atoms with Gasteiger partial charge in [0.2, 0.25) is 0 Å². The maximum absolute atomic E-state index is 13.4. The highest BCUT2D eigenvalue weighted by molar-refractivity contribution is 5.58. The average molecular weight is 289 g/mol. The predicted octanol–water partition coefficient (Wildman–Crippen LogP) is 4.12. The zero-order valence-corrected chi connectivity index (χ0v) is 11.9. The van der Waals surface area contributed by atoms with Gasteiger partial charge in [0, 0.05) is 36.4 Å². The molecule has 5 heteroatoms. The minimum atomic E-state index is -0.620. The Balaban J connectivity index is 2.06. The first-order valence-electron chi connectivity index (χ1n) is 7.19. The Hall–Kier alpha value is -2.04. The van der Waals surface area contributed by atoms with Crippen molar-refractivity contribution < 1.29 is 8.78 Å². The zero-order chi connectivity index (χ0) is 14.8. The number of benzene rings is 1. The summed E-state index contributed by atoms with van der Waals surface area (Å²) in [5.74, 6) is 0.211. The van der Waals surface area contributed by atoms with Crippen LogP contribution in [0, 0.1) is 11.6 Å². The van der Waals surface area contributed by atoms with E-state index < -0.39 is 11.6 Å². The van der Waals surface area contributed by atoms with Gasteiger partial charge in [-0.25, -0.2) is 18.7 Å². The first kappa shape index (κ1) is 13.9. The molecule has 0 unspecified atom stereocenters. The molecule has 0 spiro atoms. The van der Waals surface area contributed by atoms with Crippen LogP contribution in [0.3, 0.4) is 0 Å². The van der Waals surface area contributed by atoms with Gasteiger partial charge in [0.15, 0.2) is 5.82 Å². The van der Waals surface area contributed by atoms with Gasteiger partial charge in [-0.2, -0.15) is 0 Å². The fraction of sp³-hybridized carbons (Fsp3) is 0.375. The van der Waals surface area contributed by atoms with Gasteiger partial charge in [0.05, 0.1) is 0 Å². The fourth-order valence-corrected chi connectivity index (χ4v) is 2.84. The van der Waals surface area contributed by atoms with Crippen LogP contribution in [0.1, 0.15) is 37.3 Å². The molecule has 1 aliphatic carbocycles. The van der Waals surface area contributed by atoms with Crippen molar-refractivity contribution in [1.29, 1.82) is 0 Å². The topological polar surface area (TPSA) is 37.8 Å². The molecule has 1 fully saturated rings. The number of halogens is 2. The first-order valence-corrected chi connectivity index (χ1v) is 7.19. The van der Waals surface area contributed by atoms with E-state index in [1.807, 2.05) is 6.07 Å². The third-order valence-corrected chi connectivity index (χ3v) is 3.90. The SMILES string of the molecule is CNc1cc(C2CCCC2)nc(-c2cc(F)cc(F)c2)n1. The molecule has 21 heavy (non-hydrogen) atoms. The second-order valence-corrected chi connectivity index (χ2v) is 5.39. The predicted molar refractivity (Wildman–Crippen MR) is 78.1 cm³/mol. The third-order valence-electron chi connectivity index (χ3n) is 3.90. The first-order chi connectivity index (χ1) is 10.2. The Kier molecular flexibility index (Phi) is 3.82. The van der Waals surface area contributed by atoms with E-state index in [2.05, 4.69) is 15.3 Å². The number of rotatable bonds is 3. The lowest BCUT2D eigenvalue weighted by atomic mass is 10.0. The molecule has 1 aromatic heterocycles. The molecule has 0 aliphatic heterocycles. The van der Waals surface area contributed by atoms with Crippen LogP contribution < -0.4 is 5.32 Å². The molecule has 1 saturated carbocycles. The van der Waals surface area contributed by atoms with Gasteiger partial charge < -0.3 is 5.32 Å². The Labute approximate surface area is 122 Å². The zero-order valence-electron chi connectivity index (χ0n) is 11.9. The highest BCUT2D eigenvalue weighted by atomic mass is 19.1. The van der Waals surface area contributed by atoms with Gasteiger partial charge in [-0.05, 0) is 25.0 Å². The van der Waals surface area contributed by atoms with Gasteiger partial charge >= 0.3 is 0 Å². The minimum Gasteiger partial charge on any atom is -0.373 e. The van der Waals surface area contributed by atoms with Crippen molar-refractivity contribution in [2.75, 3.05) is 12.4 Å². The highest BCUT2D eigenvalue weighted by Crippen LogP contribution is 2.34. The summed E-state index contributed by atoms with van der Waals surface area (Å²) in [5, 5.41) is 2.99. The summed E-state index contributed by atoms with van der Waals surface area (Å²) in [4.78, 5) is 8.85. The van der Waals surface area contributed by atoms with Crippen molar-refractivity contribution in [2.45, 2.75) is 31.6 Å². The van der Waals surface area contributed by atoms with Crippen molar-refractivity contribution in [3.8, 4) is 11.4 Å². The summed E-state index contributed by atoms with van der Waals surface area (Å²) in [6.07, 6.45) is 4.62. The van der Waals surface area contributed by atoms with E-state index in [0.29, 0.717) is 23.1 Å². The third kappa shape index (κ3) is 3.01. The molecular weight excluding hydrogens is 272 g/mol. The van der Waals surface area contributed by atoms with E-state index in [-0.39, 0.29) is 0 Å². The summed E-state index contributed by atoms with van der Waals surface area (Å²) in [6.45, 7) is 0. The molecule has 0 amide bonds. The number of aromatic nitrogens is 2. The van der Waals surface area contributed by atoms with Gasteiger partial charge in [0.25, 0.3) is 0 Å². The lowest BCUT2D eigenvalue weighted by Crippen LogP contribution is -2.04. The van der Waals surface area contributed by atoms with Crippen molar-refractivity contribution in [1.82, 2.24) is 9.97 Å². The van der Waals surface area contributed by atoms with Crippen LogP contribution in [0.25, 0.3) is 11.4 Å². The number of nitrogens with one attached hydrogen (secondary N) is 1. The van der Waals surface area contributed by atoms with Gasteiger partial charge in [0.1, 0.15) is 17.5 Å². The van der Waals surface area contributed by atoms with E-state index in [1.165, 1.54) is 25.0 Å². The highest BCUT2D eigenvalue weighted by Gasteiger charge is 2.20. The maximum atomic E-state index is 13.4. The van der Waals surface area contributed by atoms with Crippen LogP contribution in [0.4, 0.5) is 14.6 Å². The number of anilines is 1. The standard InChI is InChI=1S/C16H17F2N3/c1-19-15-9-14(10-4-2-3-5-10)20-16(21-15)11-6-12(17)8-13(18)7-11/h6-10H,2-5H2,1H3,(H,19,20,21). The molecular formula is C16H17F2N3. The molecule has 3 nitrogen and oxygen atoms in total. The Morgan fingerprint density at radius 2 is 1.67 bits per heavy atom. The molecule has 1 aliphatic rings. The Bertz CT molecular complexity index is 632. The van der Waals surface area contributed by atoms with Crippen LogP contribution in [0.2, 0.25) is 0 Å². The van der Waals surface area contributed by atoms with E-state index in [1.54, 1.807) is 7.05 Å². The molecule has 1 N–H and O–H groups in total. The fourth-order valence-electron chi connectivity index (χ4n) is 2.84. The molecule has 0 saturated heterocycles. The van der Waals surface area contributed by atoms with E-state index in [0.717, 1.165) is 24.6 Å². The van der Waals surface area contributed by atoms with Gasteiger partial charge in [-0.15, -0.1) is 0 Å². The Morgan fingerprint density at radius 3 is 2.29 bits per heavy atom. The maximum Gasteiger partial charge on any atom is 0.161 e. The molecule has 1 heterocycles. The molecule has 3 rings (SSSR count). The largest absolute Gasteiger partial charge is 0.373 e. The number of hydrogen-bond acceptors (Lipinski definition) is 3. The van der Waals surface area contributed by atoms with Crippen LogP contribution in [0.15, 0.2) is 24.3 Å². The molecule has 110 valence electrons. The Morgan fingerprint density at radius 1 is 1.00 bits per heavy atom. The minimum absolute atomic E-state index is 0.363. The lowest BCUT2D eigenvalue weighted by molar-refractivity contribution is 0.584. The lowest BCUT2D eigenvalue weighted by Gasteiger charge is -2.12.